The van der Waals surface area contributed by atoms with Gasteiger partial charge in [-0.25, -0.2) is 9.59 Å². The van der Waals surface area contributed by atoms with E-state index in [1.807, 2.05) is 6.20 Å². The average molecular weight is 309 g/mol. The Kier molecular flexibility index (Phi) is 6.10. The monoisotopic (exact) mass is 309 g/mol. The lowest BCUT2D eigenvalue weighted by molar-refractivity contribution is 0.0856. The highest BCUT2D eigenvalue weighted by molar-refractivity contribution is 5.76. The van der Waals surface area contributed by atoms with Crippen molar-refractivity contribution in [2.45, 2.75) is 39.5 Å². The van der Waals surface area contributed by atoms with E-state index in [2.05, 4.69) is 12.2 Å². The van der Waals surface area contributed by atoms with E-state index >= 15 is 0 Å². The third-order valence-corrected chi connectivity index (χ3v) is 4.52. The Morgan fingerprint density at radius 3 is 2.32 bits per heavy atom. The Morgan fingerprint density at radius 2 is 1.73 bits per heavy atom. The Hall–Kier alpha value is -1.72. The molecule has 6 nitrogen and oxygen atoms in total. The second kappa shape index (κ2) is 8.06. The van der Waals surface area contributed by atoms with Crippen LogP contribution in [0.4, 0.5) is 9.59 Å². The van der Waals surface area contributed by atoms with Gasteiger partial charge in [-0.2, -0.15) is 0 Å². The minimum atomic E-state index is -0.292. The average Bonchev–Trinajstić information content (AvgIpc) is 3.07. The van der Waals surface area contributed by atoms with Crippen LogP contribution in [0.2, 0.25) is 0 Å². The maximum atomic E-state index is 12.2. The molecule has 1 aliphatic carbocycles. The van der Waals surface area contributed by atoms with Crippen LogP contribution in [-0.2, 0) is 4.74 Å². The molecule has 6 heteroatoms. The van der Waals surface area contributed by atoms with E-state index in [1.54, 1.807) is 16.7 Å². The zero-order valence-corrected chi connectivity index (χ0v) is 13.6. The Morgan fingerprint density at radius 1 is 1.14 bits per heavy atom. The van der Waals surface area contributed by atoms with Crippen LogP contribution in [0.15, 0.2) is 11.8 Å². The second-order valence-electron chi connectivity index (χ2n) is 5.99. The summed E-state index contributed by atoms with van der Waals surface area (Å²) in [6, 6.07) is -0.0825. The molecule has 124 valence electrons. The van der Waals surface area contributed by atoms with Gasteiger partial charge in [-0.1, -0.05) is 18.4 Å². The van der Waals surface area contributed by atoms with Crippen molar-refractivity contribution in [3.63, 3.8) is 0 Å². The first-order valence-corrected chi connectivity index (χ1v) is 8.25. The van der Waals surface area contributed by atoms with Crippen LogP contribution in [0.25, 0.3) is 0 Å². The van der Waals surface area contributed by atoms with Crippen molar-refractivity contribution in [1.29, 1.82) is 0 Å². The number of nitrogens with zero attached hydrogens (tertiary/aromatic N) is 2. The zero-order chi connectivity index (χ0) is 15.9. The maximum absolute atomic E-state index is 12.2. The van der Waals surface area contributed by atoms with E-state index in [0.717, 1.165) is 0 Å². The molecular weight excluding hydrogens is 282 g/mol. The van der Waals surface area contributed by atoms with Gasteiger partial charge in [0.2, 0.25) is 0 Å². The zero-order valence-electron chi connectivity index (χ0n) is 13.6. The summed E-state index contributed by atoms with van der Waals surface area (Å²) in [5.41, 5.74) is 1.26. The fourth-order valence-corrected chi connectivity index (χ4v) is 3.07. The molecular formula is C16H27N3O3. The van der Waals surface area contributed by atoms with Crippen molar-refractivity contribution in [3.8, 4) is 0 Å². The molecule has 0 bridgehead atoms. The van der Waals surface area contributed by atoms with Crippen LogP contribution in [0.3, 0.4) is 0 Å². The molecule has 0 spiro atoms. The first-order chi connectivity index (χ1) is 10.6. The first-order valence-electron chi connectivity index (χ1n) is 8.25. The van der Waals surface area contributed by atoms with Gasteiger partial charge in [0, 0.05) is 32.4 Å². The molecule has 2 fully saturated rings. The van der Waals surface area contributed by atoms with E-state index in [9.17, 15) is 9.59 Å². The highest BCUT2D eigenvalue weighted by atomic mass is 16.6. The minimum absolute atomic E-state index is 0.0825. The number of hydrogen-bond acceptors (Lipinski definition) is 3. The van der Waals surface area contributed by atoms with Crippen molar-refractivity contribution in [2.75, 3.05) is 32.8 Å². The van der Waals surface area contributed by atoms with Gasteiger partial charge in [0.15, 0.2) is 0 Å². The maximum Gasteiger partial charge on any atom is 0.409 e. The summed E-state index contributed by atoms with van der Waals surface area (Å²) in [5, 5.41) is 2.89. The van der Waals surface area contributed by atoms with Gasteiger partial charge in [-0.05, 0) is 32.6 Å². The van der Waals surface area contributed by atoms with Crippen molar-refractivity contribution < 1.29 is 14.3 Å². The number of amides is 3. The molecule has 2 aliphatic rings. The van der Waals surface area contributed by atoms with Crippen molar-refractivity contribution >= 4 is 12.1 Å². The second-order valence-corrected chi connectivity index (χ2v) is 5.99. The predicted molar refractivity (Wildman–Crippen MR) is 84.4 cm³/mol. The number of allylic oxidation sites excluding steroid dienone is 1. The van der Waals surface area contributed by atoms with E-state index in [0.29, 0.717) is 38.7 Å². The van der Waals surface area contributed by atoms with Crippen molar-refractivity contribution in [2.24, 2.45) is 5.92 Å². The van der Waals surface area contributed by atoms with Crippen molar-refractivity contribution in [1.82, 2.24) is 15.1 Å². The number of rotatable bonds is 3. The van der Waals surface area contributed by atoms with Crippen LogP contribution in [0.5, 0.6) is 0 Å². The summed E-state index contributed by atoms with van der Waals surface area (Å²) in [6.45, 7) is 6.40. The fourth-order valence-electron chi connectivity index (χ4n) is 3.07. The normalized spacial score (nSPS) is 20.2. The molecule has 22 heavy (non-hydrogen) atoms. The highest BCUT2D eigenvalue weighted by Crippen LogP contribution is 2.30. The van der Waals surface area contributed by atoms with Gasteiger partial charge < -0.3 is 19.9 Å². The fraction of sp³-hybridized carbons (Fsp3) is 0.750. The number of carbonyl (C=O) groups excluding carboxylic acids is 2. The van der Waals surface area contributed by atoms with Crippen LogP contribution in [0, 0.1) is 5.92 Å². The standard InChI is InChI=1S/C16H27N3O3/c1-3-22-16(21)19-10-8-18(9-11-19)15(20)17-12-13(2)14-6-4-5-7-14/h12,14H,3-11H2,1-2H3,(H,17,20)/b13-12+. The molecule has 0 unspecified atom stereocenters. The van der Waals surface area contributed by atoms with Crippen LogP contribution in [-0.4, -0.2) is 54.7 Å². The molecule has 0 aromatic carbocycles. The molecule has 0 aromatic heterocycles. The lowest BCUT2D eigenvalue weighted by Crippen LogP contribution is -2.52. The number of urea groups is 1. The number of piperazine rings is 1. The summed E-state index contributed by atoms with van der Waals surface area (Å²) >= 11 is 0. The molecule has 3 amide bonds. The van der Waals surface area contributed by atoms with Gasteiger partial charge in [-0.3, -0.25) is 0 Å². The lowest BCUT2D eigenvalue weighted by atomic mass is 10.0. The number of carbonyl (C=O) groups is 2. The van der Waals surface area contributed by atoms with Crippen LogP contribution >= 0.6 is 0 Å². The quantitative estimate of drug-likeness (QED) is 0.871. The van der Waals surface area contributed by atoms with Gasteiger partial charge >= 0.3 is 12.1 Å². The number of nitrogens with one attached hydrogen (secondary N) is 1. The summed E-state index contributed by atoms with van der Waals surface area (Å²) in [7, 11) is 0. The number of hydrogen-bond donors (Lipinski definition) is 1. The first kappa shape index (κ1) is 16.6. The van der Waals surface area contributed by atoms with E-state index in [1.165, 1.54) is 31.3 Å². The molecule has 2 rings (SSSR count). The van der Waals surface area contributed by atoms with Crippen LogP contribution < -0.4 is 5.32 Å². The Bertz CT molecular complexity index is 422. The van der Waals surface area contributed by atoms with E-state index in [-0.39, 0.29) is 12.1 Å². The number of ether oxygens (including phenoxy) is 1. The van der Waals surface area contributed by atoms with Crippen molar-refractivity contribution in [3.05, 3.63) is 11.8 Å². The largest absolute Gasteiger partial charge is 0.450 e. The smallest absolute Gasteiger partial charge is 0.409 e. The topological polar surface area (TPSA) is 61.9 Å². The molecule has 0 radical (unpaired) electrons. The minimum Gasteiger partial charge on any atom is -0.450 e. The Labute approximate surface area is 132 Å². The van der Waals surface area contributed by atoms with Crippen LogP contribution in [0.1, 0.15) is 39.5 Å². The molecule has 0 aromatic rings. The molecule has 1 N–H and O–H groups in total. The Balaban J connectivity index is 1.75. The summed E-state index contributed by atoms with van der Waals surface area (Å²) in [6.07, 6.45) is 6.61. The van der Waals surface area contributed by atoms with Gasteiger partial charge in [0.1, 0.15) is 0 Å². The lowest BCUT2D eigenvalue weighted by Gasteiger charge is -2.33. The van der Waals surface area contributed by atoms with E-state index in [4.69, 9.17) is 4.74 Å². The summed E-state index contributed by atoms with van der Waals surface area (Å²) in [4.78, 5) is 27.2. The van der Waals surface area contributed by atoms with Gasteiger partial charge in [0.05, 0.1) is 6.61 Å². The molecule has 1 aliphatic heterocycles. The highest BCUT2D eigenvalue weighted by Gasteiger charge is 2.24. The molecule has 1 heterocycles. The SMILES string of the molecule is CCOC(=O)N1CCN(C(=O)N/C=C(\C)C2CCCC2)CC1. The predicted octanol–water partition coefficient (Wildman–Crippen LogP) is 2.56. The van der Waals surface area contributed by atoms with Gasteiger partial charge in [-0.15, -0.1) is 0 Å². The third-order valence-electron chi connectivity index (χ3n) is 4.52. The van der Waals surface area contributed by atoms with Gasteiger partial charge in [0.25, 0.3) is 0 Å². The molecule has 1 saturated carbocycles. The molecule has 0 atom stereocenters. The molecule has 1 saturated heterocycles. The summed E-state index contributed by atoms with van der Waals surface area (Å²) in [5.74, 6) is 0.626. The third kappa shape index (κ3) is 4.39. The van der Waals surface area contributed by atoms with E-state index < -0.39 is 0 Å². The summed E-state index contributed by atoms with van der Waals surface area (Å²) < 4.78 is 4.97.